The van der Waals surface area contributed by atoms with E-state index in [0.717, 1.165) is 8.97 Å². The Hall–Kier alpha value is -7.50. The number of benzene rings is 2. The molecule has 2 aromatic rings. The number of hydrogen-bond donors (Lipinski definition) is 0. The molecule has 13 aliphatic heterocycles. The van der Waals surface area contributed by atoms with Gasteiger partial charge < -0.3 is 37.0 Å². The molecule has 0 atom stereocenters. The summed E-state index contributed by atoms with van der Waals surface area (Å²) < 4.78 is 95.7. The number of carbonyl (C=O) groups is 8. The molecule has 15 rings (SSSR count). The van der Waals surface area contributed by atoms with E-state index in [1.807, 2.05) is 0 Å². The Balaban J connectivity index is 0.000000839. The third-order valence-corrected chi connectivity index (χ3v) is 23.1. The maximum atomic E-state index is 15.6. The van der Waals surface area contributed by atoms with Crippen LogP contribution in [0.1, 0.15) is 62.8 Å². The van der Waals surface area contributed by atoms with Crippen LogP contribution in [0.3, 0.4) is 0 Å². The summed E-state index contributed by atoms with van der Waals surface area (Å²) in [6, 6.07) is 1.45. The monoisotopic (exact) mass is 1570 g/mol. The first-order chi connectivity index (χ1) is 46.6. The van der Waals surface area contributed by atoms with Crippen molar-refractivity contribution in [3.8, 4) is 23.0 Å². The van der Waals surface area contributed by atoms with Crippen LogP contribution in [0.25, 0.3) is 0 Å². The van der Waals surface area contributed by atoms with Crippen LogP contribution in [0.4, 0.5) is 38.4 Å². The van der Waals surface area contributed by atoms with Crippen LogP contribution < -0.4 is 18.9 Å². The molecular weight excluding hydrogens is 1480 g/mol. The summed E-state index contributed by atoms with van der Waals surface area (Å²) in [5.74, 6) is -0.188. The van der Waals surface area contributed by atoms with Crippen LogP contribution in [-0.4, -0.2) is 354 Å². The number of quaternary nitrogens is 2. The Bertz CT molecular complexity index is 3810. The van der Waals surface area contributed by atoms with E-state index >= 15 is 38.4 Å². The second-order valence-corrected chi connectivity index (χ2v) is 34.7. The highest BCUT2D eigenvalue weighted by Crippen LogP contribution is 2.59. The molecule has 11 saturated heterocycles. The minimum Gasteiger partial charge on any atom is -0.748 e. The zero-order valence-corrected chi connectivity index (χ0v) is 62.5. The Labute approximate surface area is 596 Å². The smallest absolute Gasteiger partial charge is 0.326 e. The number of fused-ring (bicyclic) bond motifs is 2. The first-order valence-corrected chi connectivity index (χ1v) is 38.1. The highest BCUT2D eigenvalue weighted by atomic mass is 79.9. The molecule has 0 saturated carbocycles. The van der Waals surface area contributed by atoms with Gasteiger partial charge in [0.15, 0.2) is 47.3 Å². The lowest BCUT2D eigenvalue weighted by Gasteiger charge is -2.49. The number of carbonyl (C=O) groups excluding carboxylic acids is 8. The van der Waals surface area contributed by atoms with Crippen molar-refractivity contribution in [3.63, 3.8) is 0 Å². The number of rotatable bonds is 16. The van der Waals surface area contributed by atoms with E-state index in [9.17, 15) is 25.9 Å². The van der Waals surface area contributed by atoms with Crippen molar-refractivity contribution in [3.05, 3.63) is 46.5 Å². The number of hydrogen-bond acceptors (Lipinski definition) is 18. The first kappa shape index (κ1) is 70.9. The van der Waals surface area contributed by atoms with Crippen LogP contribution >= 0.6 is 31.9 Å². The molecule has 0 radical (unpaired) electrons. The molecule has 0 unspecified atom stereocenters. The molecule has 13 aliphatic rings. The fraction of sp³-hybridized carbons (Fsp3) is 0.667. The van der Waals surface area contributed by atoms with Gasteiger partial charge in [-0.2, -0.15) is 0 Å². The fourth-order valence-corrected chi connectivity index (χ4v) is 17.6. The van der Waals surface area contributed by atoms with Gasteiger partial charge in [0, 0.05) is 44.4 Å². The van der Waals surface area contributed by atoms with E-state index < -0.39 is 167 Å². The predicted octanol–water partition coefficient (Wildman–Crippen LogP) is 2.09. The van der Waals surface area contributed by atoms with Crippen molar-refractivity contribution in [1.29, 1.82) is 0 Å². The molecule has 0 aromatic heterocycles. The second-order valence-electron chi connectivity index (χ2n) is 30.1. The van der Waals surface area contributed by atoms with Gasteiger partial charge in [-0.1, -0.05) is 31.9 Å². The molecule has 2 aromatic carbocycles. The normalized spacial score (nSPS) is 29.0. The minimum absolute atomic E-state index is 0.0203. The third kappa shape index (κ3) is 10.7. The molecule has 548 valence electrons. The summed E-state index contributed by atoms with van der Waals surface area (Å²) in [6.07, 6.45) is -5.21. The maximum Gasteiger partial charge on any atom is 0.326 e. The minimum atomic E-state index is -4.61. The summed E-state index contributed by atoms with van der Waals surface area (Å²) in [6.45, 7) is 3.49. The predicted molar refractivity (Wildman–Crippen MR) is 354 cm³/mol. The van der Waals surface area contributed by atoms with Crippen molar-refractivity contribution in [1.82, 2.24) is 78.4 Å². The third-order valence-electron chi connectivity index (χ3n) is 20.9. The fourth-order valence-electron chi connectivity index (χ4n) is 16.3. The molecule has 11 fully saturated rings. The van der Waals surface area contributed by atoms with E-state index in [1.54, 1.807) is 49.6 Å². The summed E-state index contributed by atoms with van der Waals surface area (Å²) in [5.41, 5.74) is -4.38. The molecule has 40 heteroatoms. The number of halogens is 2. The van der Waals surface area contributed by atoms with E-state index in [-0.39, 0.29) is 63.7 Å². The summed E-state index contributed by atoms with van der Waals surface area (Å²) in [7, 11) is 7.78. The van der Waals surface area contributed by atoms with Crippen LogP contribution in [-0.2, 0) is 46.4 Å². The van der Waals surface area contributed by atoms with Crippen LogP contribution in [0.2, 0.25) is 0 Å². The molecule has 16 amide bonds. The number of ether oxygens (including phenoxy) is 4. The Kier molecular flexibility index (Phi) is 17.1. The largest absolute Gasteiger partial charge is 0.748 e. The molecule has 0 aliphatic carbocycles. The zero-order valence-electron chi connectivity index (χ0n) is 57.7. The van der Waals surface area contributed by atoms with Gasteiger partial charge in [-0.25, -0.2) is 55.2 Å². The second kappa shape index (κ2) is 24.1. The number of nitrogens with zero attached hydrogens (tertiary/aromatic N) is 18. The number of alkyl halides is 2. The molecule has 0 bridgehead atoms. The number of urea groups is 8. The average molecular weight is 1570 g/mol. The van der Waals surface area contributed by atoms with Gasteiger partial charge in [0.1, 0.15) is 63.0 Å². The van der Waals surface area contributed by atoms with Gasteiger partial charge in [0.25, 0.3) is 0 Å². The Morgan fingerprint density at radius 1 is 0.370 bits per heavy atom. The summed E-state index contributed by atoms with van der Waals surface area (Å²) in [4.78, 5) is 147. The van der Waals surface area contributed by atoms with Crippen LogP contribution in [0, 0.1) is 0 Å². The first-order valence-electron chi connectivity index (χ1n) is 32.7. The highest BCUT2D eigenvalue weighted by Gasteiger charge is 2.80. The Morgan fingerprint density at radius 3 is 0.780 bits per heavy atom. The molecule has 0 N–H and O–H groups in total. The van der Waals surface area contributed by atoms with Gasteiger partial charge >= 0.3 is 48.2 Å². The lowest BCUT2D eigenvalue weighted by Crippen LogP contribution is -2.69. The molecular formula is C60H84Br2N18O18S2. The lowest BCUT2D eigenvalue weighted by atomic mass is 9.95. The molecule has 100 heavy (non-hydrogen) atoms. The van der Waals surface area contributed by atoms with Crippen molar-refractivity contribution >= 4 is 100 Å². The van der Waals surface area contributed by atoms with Gasteiger partial charge in [0.05, 0.1) is 129 Å². The standard InChI is InChI=1S/C52H62Br2N16O18S2.2C4H12N/c1-49-51(3)67-25-59-39-37-55(41(59)71)23-57-38-40-61(43(57)73)27-69-47(77)65-21-31-32(36(88-16-12-54)10-9-35(31)87-15-11-53)22-66-48(78)70(52(69,4)50(65,66)2)28-62(40)44(74)58(38)24-56(37)42(72)60(39)26-68(51)46(76)64(49)20-30-29(19-63(49)45(67)75)33(85-13-5-17-89(79,80)81)7-8-34(30)86-14-6-18-90(82,83)84;2*1-5(2,3)4/h7-10,37-40H,5-6,11-28H2,1-4H3,(H,79,80,81)(H,82,83,84);2*1-4H3/q;2*+1/p-2. The van der Waals surface area contributed by atoms with Gasteiger partial charge in [-0.3, -0.25) is 78.4 Å². The lowest BCUT2D eigenvalue weighted by molar-refractivity contribution is -0.849. The highest BCUT2D eigenvalue weighted by molar-refractivity contribution is 9.09. The van der Waals surface area contributed by atoms with Crippen molar-refractivity contribution in [2.45, 2.75) is 114 Å². The van der Waals surface area contributed by atoms with Crippen molar-refractivity contribution in [2.75, 3.05) is 145 Å². The number of amides is 16. The Morgan fingerprint density at radius 2 is 0.570 bits per heavy atom. The summed E-state index contributed by atoms with van der Waals surface area (Å²) in [5, 5.41) is 1.03. The van der Waals surface area contributed by atoms with Crippen LogP contribution in [0.5, 0.6) is 23.0 Å². The molecule has 13 heterocycles. The zero-order chi connectivity index (χ0) is 72.6. The maximum absolute atomic E-state index is 15.6. The van der Waals surface area contributed by atoms with E-state index in [4.69, 9.17) is 18.9 Å². The van der Waals surface area contributed by atoms with E-state index in [2.05, 4.69) is 88.2 Å². The quantitative estimate of drug-likeness (QED) is 0.100. The topological polar surface area (TPSA) is 340 Å². The van der Waals surface area contributed by atoms with E-state index in [1.165, 1.54) is 80.7 Å². The SMILES string of the molecule is CC12N3Cc4c(OCCBr)ccc(OCCBr)c4CN1C(=O)N1CN4C(=O)N5CN6C(=O)N7CN8C(=O)N9Cc%10c(OCCCS(=O)(=O)[O-])ccc(OCCCS(=O)(=O)[O-])c%10CN%10C(=O)N(CN%11C(=O)N(CN%12C(=O)N(CN(C3=O)C12C)C4C%125)C6C%117)C8(C)C%109C.C[N+](C)(C)C.C[N+](C)(C)C. The average Bonchev–Trinajstić information content (AvgIpc) is 1.50. The molecule has 36 nitrogen and oxygen atoms in total. The summed E-state index contributed by atoms with van der Waals surface area (Å²) >= 11 is 6.87. The van der Waals surface area contributed by atoms with Crippen molar-refractivity contribution < 1.29 is 92.2 Å². The van der Waals surface area contributed by atoms with Crippen molar-refractivity contribution in [2.24, 2.45) is 0 Å². The van der Waals surface area contributed by atoms with Gasteiger partial charge in [-0.15, -0.1) is 0 Å². The van der Waals surface area contributed by atoms with Gasteiger partial charge in [0.2, 0.25) is 0 Å². The van der Waals surface area contributed by atoms with Crippen LogP contribution in [0.15, 0.2) is 24.3 Å². The van der Waals surface area contributed by atoms with E-state index in [0.29, 0.717) is 57.6 Å². The van der Waals surface area contributed by atoms with Gasteiger partial charge in [-0.05, 0) is 64.8 Å². The molecule has 0 spiro atoms.